The maximum absolute atomic E-state index is 11.0. The zero-order valence-corrected chi connectivity index (χ0v) is 11.6. The van der Waals surface area contributed by atoms with E-state index in [-0.39, 0.29) is 23.9 Å². The van der Waals surface area contributed by atoms with E-state index in [0.29, 0.717) is 5.71 Å². The van der Waals surface area contributed by atoms with Crippen LogP contribution in [-0.2, 0) is 9.63 Å². The summed E-state index contributed by atoms with van der Waals surface area (Å²) in [7, 11) is 0. The Bertz CT molecular complexity index is 776. The minimum Gasteiger partial charge on any atom is -0.504 e. The lowest BCUT2D eigenvalue weighted by Crippen LogP contribution is -2.00. The third-order valence-corrected chi connectivity index (χ3v) is 3.28. The average Bonchev–Trinajstić information content (AvgIpc) is 2.95. The van der Waals surface area contributed by atoms with E-state index in [9.17, 15) is 15.0 Å². The van der Waals surface area contributed by atoms with Crippen molar-refractivity contribution in [2.75, 3.05) is 0 Å². The monoisotopic (exact) mass is 295 g/mol. The highest BCUT2D eigenvalue weighted by molar-refractivity contribution is 6.11. The highest BCUT2D eigenvalue weighted by atomic mass is 16.7. The number of carbonyl (C=O) groups excluding carboxylic acids is 1. The molecule has 5 nitrogen and oxygen atoms in total. The lowest BCUT2D eigenvalue weighted by Gasteiger charge is -2.00. The molecule has 2 N–H and O–H groups in total. The normalized spacial score (nSPS) is 14.2. The van der Waals surface area contributed by atoms with Crippen LogP contribution in [0.15, 0.2) is 47.6 Å². The molecule has 22 heavy (non-hydrogen) atoms. The number of nitrogens with zero attached hydrogens (tertiary/aromatic N) is 1. The Morgan fingerprint density at radius 1 is 0.955 bits per heavy atom. The number of carbonyl (C=O) groups is 1. The molecular formula is C17H13NO4. The number of phenolic OH excluding ortho intramolecular Hbond substituents is 2. The molecule has 0 aliphatic carbocycles. The summed E-state index contributed by atoms with van der Waals surface area (Å²) in [6, 6.07) is 12.2. The van der Waals surface area contributed by atoms with E-state index >= 15 is 0 Å². The van der Waals surface area contributed by atoms with E-state index in [0.717, 1.165) is 16.7 Å². The van der Waals surface area contributed by atoms with E-state index in [2.05, 4.69) is 9.99 Å². The zero-order chi connectivity index (χ0) is 15.5. The first-order valence-electron chi connectivity index (χ1n) is 6.69. The molecule has 0 aromatic heterocycles. The van der Waals surface area contributed by atoms with Gasteiger partial charge in [0.25, 0.3) is 0 Å². The van der Waals surface area contributed by atoms with Gasteiger partial charge in [-0.15, -0.1) is 0 Å². The molecule has 0 spiro atoms. The van der Waals surface area contributed by atoms with E-state index in [1.54, 1.807) is 6.07 Å². The summed E-state index contributed by atoms with van der Waals surface area (Å²) in [5.41, 5.74) is 3.22. The summed E-state index contributed by atoms with van der Waals surface area (Å²) < 4.78 is 0. The molecule has 5 heteroatoms. The molecule has 2 aromatic carbocycles. The summed E-state index contributed by atoms with van der Waals surface area (Å²) >= 11 is 0. The molecule has 0 fully saturated rings. The van der Waals surface area contributed by atoms with Crippen LogP contribution in [0.25, 0.3) is 12.2 Å². The van der Waals surface area contributed by atoms with Crippen molar-refractivity contribution in [2.45, 2.75) is 6.42 Å². The van der Waals surface area contributed by atoms with Gasteiger partial charge in [0.2, 0.25) is 0 Å². The highest BCUT2D eigenvalue weighted by Gasteiger charge is 2.18. The molecule has 1 aliphatic heterocycles. The van der Waals surface area contributed by atoms with Gasteiger partial charge in [0.15, 0.2) is 11.5 Å². The molecule has 0 radical (unpaired) electrons. The summed E-state index contributed by atoms with van der Waals surface area (Å²) in [6.07, 6.45) is 3.91. The third-order valence-electron chi connectivity index (χ3n) is 3.28. The maximum atomic E-state index is 11.0. The van der Waals surface area contributed by atoms with E-state index in [1.807, 2.05) is 36.4 Å². The standard InChI is InChI=1S/C17H13NO4/c19-15-8-5-12(9-16(15)20)2-1-11-3-6-13(7-4-11)14-10-17(21)22-18-14/h1-9,19-20H,10H2. The Morgan fingerprint density at radius 2 is 1.64 bits per heavy atom. The van der Waals surface area contributed by atoms with Gasteiger partial charge < -0.3 is 15.1 Å². The van der Waals surface area contributed by atoms with Gasteiger partial charge in [-0.3, -0.25) is 0 Å². The van der Waals surface area contributed by atoms with Crippen molar-refractivity contribution in [3.05, 3.63) is 59.2 Å². The number of hydrogen-bond donors (Lipinski definition) is 2. The summed E-state index contributed by atoms with van der Waals surface area (Å²) in [5, 5.41) is 22.4. The van der Waals surface area contributed by atoms with Gasteiger partial charge in [0, 0.05) is 0 Å². The molecule has 1 aliphatic rings. The summed E-state index contributed by atoms with van der Waals surface area (Å²) in [6.45, 7) is 0. The zero-order valence-electron chi connectivity index (χ0n) is 11.6. The first-order chi connectivity index (χ1) is 10.6. The summed E-state index contributed by atoms with van der Waals surface area (Å²) in [4.78, 5) is 15.6. The third kappa shape index (κ3) is 2.98. The van der Waals surface area contributed by atoms with Crippen molar-refractivity contribution in [3.63, 3.8) is 0 Å². The van der Waals surface area contributed by atoms with Gasteiger partial charge in [-0.1, -0.05) is 47.6 Å². The SMILES string of the molecule is O=C1CC(c2ccc(C=Cc3ccc(O)c(O)c3)cc2)=NO1. The van der Waals surface area contributed by atoms with Crippen molar-refractivity contribution in [1.82, 2.24) is 0 Å². The van der Waals surface area contributed by atoms with Crippen LogP contribution >= 0.6 is 0 Å². The van der Waals surface area contributed by atoms with Gasteiger partial charge in [0.05, 0.1) is 12.1 Å². The number of phenols is 2. The van der Waals surface area contributed by atoms with Crippen LogP contribution in [0, 0.1) is 0 Å². The van der Waals surface area contributed by atoms with Crippen molar-refractivity contribution < 1.29 is 19.8 Å². The van der Waals surface area contributed by atoms with Gasteiger partial charge in [-0.2, -0.15) is 0 Å². The molecule has 2 aromatic rings. The lowest BCUT2D eigenvalue weighted by atomic mass is 10.0. The number of aromatic hydroxyl groups is 2. The maximum Gasteiger partial charge on any atom is 0.341 e. The van der Waals surface area contributed by atoms with Crippen LogP contribution in [0.2, 0.25) is 0 Å². The summed E-state index contributed by atoms with van der Waals surface area (Å²) in [5.74, 6) is -0.636. The fourth-order valence-corrected chi connectivity index (χ4v) is 2.09. The predicted octanol–water partition coefficient (Wildman–Crippen LogP) is 2.92. The molecule has 0 bridgehead atoms. The predicted molar refractivity (Wildman–Crippen MR) is 82.4 cm³/mol. The van der Waals surface area contributed by atoms with Crippen LogP contribution in [0.1, 0.15) is 23.1 Å². The molecule has 0 saturated heterocycles. The second-order valence-corrected chi connectivity index (χ2v) is 4.88. The second-order valence-electron chi connectivity index (χ2n) is 4.88. The Morgan fingerprint density at radius 3 is 2.27 bits per heavy atom. The average molecular weight is 295 g/mol. The van der Waals surface area contributed by atoms with Crippen LogP contribution in [0.4, 0.5) is 0 Å². The Hall–Kier alpha value is -3.08. The van der Waals surface area contributed by atoms with Crippen molar-refractivity contribution in [1.29, 1.82) is 0 Å². The van der Waals surface area contributed by atoms with Crippen LogP contribution < -0.4 is 0 Å². The van der Waals surface area contributed by atoms with Crippen LogP contribution in [0.5, 0.6) is 11.5 Å². The van der Waals surface area contributed by atoms with E-state index in [1.165, 1.54) is 12.1 Å². The Kier molecular flexibility index (Phi) is 3.62. The first kappa shape index (κ1) is 13.9. The van der Waals surface area contributed by atoms with Gasteiger partial charge >= 0.3 is 5.97 Å². The molecule has 0 unspecified atom stereocenters. The number of hydrogen-bond acceptors (Lipinski definition) is 5. The van der Waals surface area contributed by atoms with Gasteiger partial charge in [0.1, 0.15) is 0 Å². The Labute approximate surface area is 126 Å². The smallest absolute Gasteiger partial charge is 0.341 e. The number of benzene rings is 2. The Balaban J connectivity index is 1.74. The van der Waals surface area contributed by atoms with Gasteiger partial charge in [-0.05, 0) is 28.8 Å². The topological polar surface area (TPSA) is 79.1 Å². The van der Waals surface area contributed by atoms with Gasteiger partial charge in [-0.25, -0.2) is 4.79 Å². The van der Waals surface area contributed by atoms with Crippen molar-refractivity contribution in [3.8, 4) is 11.5 Å². The fraction of sp³-hybridized carbons (Fsp3) is 0.0588. The largest absolute Gasteiger partial charge is 0.504 e. The second kappa shape index (κ2) is 5.73. The number of oxime groups is 1. The molecule has 0 saturated carbocycles. The molecule has 1 heterocycles. The minimum absolute atomic E-state index is 0.143. The molecule has 0 amide bonds. The number of rotatable bonds is 3. The first-order valence-corrected chi connectivity index (χ1v) is 6.69. The minimum atomic E-state index is -0.342. The lowest BCUT2D eigenvalue weighted by molar-refractivity contribution is -0.140. The highest BCUT2D eigenvalue weighted by Crippen LogP contribution is 2.25. The van der Waals surface area contributed by atoms with Crippen LogP contribution in [-0.4, -0.2) is 21.9 Å². The molecule has 3 rings (SSSR count). The quantitative estimate of drug-likeness (QED) is 0.518. The molecule has 0 atom stereocenters. The van der Waals surface area contributed by atoms with E-state index in [4.69, 9.17) is 0 Å². The van der Waals surface area contributed by atoms with Crippen molar-refractivity contribution in [2.24, 2.45) is 5.16 Å². The molecule has 110 valence electrons. The van der Waals surface area contributed by atoms with E-state index < -0.39 is 0 Å². The fourth-order valence-electron chi connectivity index (χ4n) is 2.09. The van der Waals surface area contributed by atoms with Crippen molar-refractivity contribution >= 4 is 23.8 Å². The molecular weight excluding hydrogens is 282 g/mol. The van der Waals surface area contributed by atoms with Crippen LogP contribution in [0.3, 0.4) is 0 Å².